The average Bonchev–Trinajstić information content (AvgIpc) is 2.32. The lowest BCUT2D eigenvalue weighted by Gasteiger charge is -2.28. The normalized spacial score (nSPS) is 13.7. The third kappa shape index (κ3) is 3.96. The number of carbonyl (C=O) groups is 1. The van der Waals surface area contributed by atoms with Gasteiger partial charge in [0.15, 0.2) is 0 Å². The molecule has 1 atom stereocenters. The summed E-state index contributed by atoms with van der Waals surface area (Å²) in [7, 11) is 0. The van der Waals surface area contributed by atoms with E-state index >= 15 is 0 Å². The number of nitrogens with two attached hydrogens (primary N) is 1. The van der Waals surface area contributed by atoms with Crippen molar-refractivity contribution in [3.8, 4) is 0 Å². The van der Waals surface area contributed by atoms with Crippen molar-refractivity contribution < 1.29 is 13.6 Å². The zero-order chi connectivity index (χ0) is 14.6. The van der Waals surface area contributed by atoms with E-state index < -0.39 is 23.1 Å². The van der Waals surface area contributed by atoms with Crippen LogP contribution in [0.4, 0.5) is 8.78 Å². The summed E-state index contributed by atoms with van der Waals surface area (Å²) in [5.41, 5.74) is 4.89. The number of benzene rings is 1. The van der Waals surface area contributed by atoms with Crippen molar-refractivity contribution >= 4 is 23.1 Å². The number of thiocarbonyl (C=S) groups is 1. The summed E-state index contributed by atoms with van der Waals surface area (Å²) in [6.07, 6.45) is 0.338. The van der Waals surface area contributed by atoms with Gasteiger partial charge in [-0.05, 0) is 25.0 Å². The zero-order valence-electron chi connectivity index (χ0n) is 10.8. The van der Waals surface area contributed by atoms with Gasteiger partial charge in [0.05, 0.1) is 16.9 Å². The molecule has 0 saturated carbocycles. The van der Waals surface area contributed by atoms with Gasteiger partial charge < -0.3 is 11.1 Å². The van der Waals surface area contributed by atoms with Gasteiger partial charge in [-0.1, -0.05) is 25.2 Å². The van der Waals surface area contributed by atoms with Crippen LogP contribution >= 0.6 is 12.2 Å². The highest BCUT2D eigenvalue weighted by Crippen LogP contribution is 2.13. The quantitative estimate of drug-likeness (QED) is 0.815. The van der Waals surface area contributed by atoms with Gasteiger partial charge in [0.2, 0.25) is 5.91 Å². The molecule has 0 spiro atoms. The van der Waals surface area contributed by atoms with Crippen molar-refractivity contribution in [1.29, 1.82) is 0 Å². The second-order valence-electron chi connectivity index (χ2n) is 4.51. The van der Waals surface area contributed by atoms with Crippen molar-refractivity contribution in [2.24, 2.45) is 5.73 Å². The molecule has 0 aliphatic carbocycles. The predicted molar refractivity (Wildman–Crippen MR) is 73.7 cm³/mol. The van der Waals surface area contributed by atoms with Crippen LogP contribution in [-0.2, 0) is 11.2 Å². The van der Waals surface area contributed by atoms with Crippen LogP contribution in [0.25, 0.3) is 0 Å². The van der Waals surface area contributed by atoms with Gasteiger partial charge >= 0.3 is 0 Å². The second-order valence-corrected chi connectivity index (χ2v) is 4.95. The Morgan fingerprint density at radius 2 is 2.11 bits per heavy atom. The maximum atomic E-state index is 13.4. The Kier molecular flexibility index (Phi) is 4.94. The lowest BCUT2D eigenvalue weighted by Crippen LogP contribution is -2.54. The van der Waals surface area contributed by atoms with E-state index in [0.717, 1.165) is 12.1 Å². The molecular formula is C13H16F2N2OS. The predicted octanol–water partition coefficient (Wildman–Crippen LogP) is 2.08. The van der Waals surface area contributed by atoms with Crippen molar-refractivity contribution in [1.82, 2.24) is 5.32 Å². The molecule has 0 heterocycles. The fourth-order valence-corrected chi connectivity index (χ4v) is 1.71. The van der Waals surface area contributed by atoms with Crippen molar-refractivity contribution in [3.63, 3.8) is 0 Å². The molecule has 1 rings (SSSR count). The molecule has 1 aromatic rings. The molecule has 104 valence electrons. The average molecular weight is 286 g/mol. The summed E-state index contributed by atoms with van der Waals surface area (Å²) < 4.78 is 26.2. The van der Waals surface area contributed by atoms with Crippen LogP contribution in [0.3, 0.4) is 0 Å². The number of hydrogen-bond acceptors (Lipinski definition) is 2. The van der Waals surface area contributed by atoms with E-state index in [1.165, 1.54) is 6.07 Å². The zero-order valence-corrected chi connectivity index (χ0v) is 11.6. The summed E-state index contributed by atoms with van der Waals surface area (Å²) in [4.78, 5) is 12.0. The molecule has 1 amide bonds. The summed E-state index contributed by atoms with van der Waals surface area (Å²) in [6.45, 7) is 3.53. The van der Waals surface area contributed by atoms with Gasteiger partial charge in [0.1, 0.15) is 11.6 Å². The molecule has 0 bridgehead atoms. The molecule has 0 radical (unpaired) electrons. The Labute approximate surface area is 116 Å². The molecule has 1 aromatic carbocycles. The van der Waals surface area contributed by atoms with Gasteiger partial charge in [0, 0.05) is 6.07 Å². The minimum atomic E-state index is -0.803. The monoisotopic (exact) mass is 286 g/mol. The number of amides is 1. The smallest absolute Gasteiger partial charge is 0.225 e. The standard InChI is InChI=1S/C13H16F2N2OS/c1-3-13(2,12(16)19)17-11(18)6-8-4-5-9(14)7-10(8)15/h4-5,7H,3,6H2,1-2H3,(H2,16,19)(H,17,18). The molecule has 0 aliphatic rings. The molecule has 3 N–H and O–H groups in total. The highest BCUT2D eigenvalue weighted by Gasteiger charge is 2.27. The van der Waals surface area contributed by atoms with Crippen molar-refractivity contribution in [2.75, 3.05) is 0 Å². The lowest BCUT2D eigenvalue weighted by molar-refractivity contribution is -0.121. The molecule has 0 aliphatic heterocycles. The Morgan fingerprint density at radius 3 is 2.58 bits per heavy atom. The van der Waals surface area contributed by atoms with Crippen molar-refractivity contribution in [2.45, 2.75) is 32.2 Å². The maximum absolute atomic E-state index is 13.4. The van der Waals surface area contributed by atoms with E-state index in [4.69, 9.17) is 18.0 Å². The third-order valence-electron chi connectivity index (χ3n) is 3.03. The van der Waals surface area contributed by atoms with Gasteiger partial charge in [-0.3, -0.25) is 4.79 Å². The topological polar surface area (TPSA) is 55.1 Å². The number of nitrogens with one attached hydrogen (secondary N) is 1. The molecule has 19 heavy (non-hydrogen) atoms. The number of rotatable bonds is 5. The molecule has 1 unspecified atom stereocenters. The van der Waals surface area contributed by atoms with Crippen LogP contribution in [0.1, 0.15) is 25.8 Å². The summed E-state index contributed by atoms with van der Waals surface area (Å²) in [6, 6.07) is 3.10. The molecule has 0 saturated heterocycles. The minimum absolute atomic E-state index is 0.125. The number of carbonyl (C=O) groups excluding carboxylic acids is 1. The highest BCUT2D eigenvalue weighted by molar-refractivity contribution is 7.80. The molecule has 0 fully saturated rings. The first kappa shape index (κ1) is 15.5. The van der Waals surface area contributed by atoms with E-state index in [-0.39, 0.29) is 17.0 Å². The fraction of sp³-hybridized carbons (Fsp3) is 0.385. The van der Waals surface area contributed by atoms with Gasteiger partial charge in [-0.25, -0.2) is 8.78 Å². The summed E-state index contributed by atoms with van der Waals surface area (Å²) in [5.74, 6) is -1.84. The van der Waals surface area contributed by atoms with Crippen LogP contribution in [-0.4, -0.2) is 16.4 Å². The van der Waals surface area contributed by atoms with E-state index in [9.17, 15) is 13.6 Å². The minimum Gasteiger partial charge on any atom is -0.391 e. The van der Waals surface area contributed by atoms with Gasteiger partial charge in [-0.15, -0.1) is 0 Å². The van der Waals surface area contributed by atoms with E-state index in [2.05, 4.69) is 5.32 Å². The Balaban J connectivity index is 2.78. The molecule has 3 nitrogen and oxygen atoms in total. The maximum Gasteiger partial charge on any atom is 0.225 e. The molecule has 0 aromatic heterocycles. The third-order valence-corrected chi connectivity index (χ3v) is 3.48. The SMILES string of the molecule is CCC(C)(NC(=O)Cc1ccc(F)cc1F)C(N)=S. The Bertz CT molecular complexity index is 507. The van der Waals surface area contributed by atoms with Gasteiger partial charge in [-0.2, -0.15) is 0 Å². The van der Waals surface area contributed by atoms with Gasteiger partial charge in [0.25, 0.3) is 0 Å². The molecule has 6 heteroatoms. The van der Waals surface area contributed by atoms with Crippen molar-refractivity contribution in [3.05, 3.63) is 35.4 Å². The summed E-state index contributed by atoms with van der Waals surface area (Å²) in [5, 5.41) is 2.67. The Morgan fingerprint density at radius 1 is 1.47 bits per heavy atom. The van der Waals surface area contributed by atoms with Crippen LogP contribution < -0.4 is 11.1 Å². The first-order valence-corrected chi connectivity index (χ1v) is 6.24. The fourth-order valence-electron chi connectivity index (χ4n) is 1.51. The second kappa shape index (κ2) is 6.06. The number of hydrogen-bond donors (Lipinski definition) is 2. The van der Waals surface area contributed by atoms with Crippen LogP contribution in [0.15, 0.2) is 18.2 Å². The largest absolute Gasteiger partial charge is 0.391 e. The van der Waals surface area contributed by atoms with Crippen LogP contribution in [0.5, 0.6) is 0 Å². The first-order valence-electron chi connectivity index (χ1n) is 5.83. The number of halogens is 2. The molecular weight excluding hydrogens is 270 g/mol. The van der Waals surface area contributed by atoms with E-state index in [0.29, 0.717) is 6.42 Å². The lowest BCUT2D eigenvalue weighted by atomic mass is 9.98. The van der Waals surface area contributed by atoms with E-state index in [1.54, 1.807) is 6.92 Å². The summed E-state index contributed by atoms with van der Waals surface area (Å²) >= 11 is 4.89. The highest BCUT2D eigenvalue weighted by atomic mass is 32.1. The van der Waals surface area contributed by atoms with E-state index in [1.807, 2.05) is 6.92 Å². The van der Waals surface area contributed by atoms with Crippen LogP contribution in [0, 0.1) is 11.6 Å². The first-order chi connectivity index (χ1) is 8.78. The van der Waals surface area contributed by atoms with Crippen LogP contribution in [0.2, 0.25) is 0 Å². The Hall–Kier alpha value is -1.56.